The molecule has 0 N–H and O–H groups in total. The first-order valence-corrected chi connectivity index (χ1v) is 8.43. The largest absolute Gasteiger partial charge is 0.198 e. The average molecular weight is 261 g/mol. The maximum Gasteiger partial charge on any atom is 0.0689 e. The number of nitriles is 1. The normalized spacial score (nSPS) is 24.1. The SMILES string of the molecule is CC(C)(C#N)C(C)(C1CCCCC1)C1CCCCC1. The molecule has 0 aromatic rings. The number of rotatable bonds is 3. The zero-order chi connectivity index (χ0) is 13.9. The minimum Gasteiger partial charge on any atom is -0.198 e. The van der Waals surface area contributed by atoms with Crippen LogP contribution in [0.3, 0.4) is 0 Å². The third-order valence-corrected chi connectivity index (χ3v) is 6.53. The summed E-state index contributed by atoms with van der Waals surface area (Å²) in [7, 11) is 0. The van der Waals surface area contributed by atoms with Gasteiger partial charge in [0.2, 0.25) is 0 Å². The molecule has 1 heteroatoms. The van der Waals surface area contributed by atoms with Crippen LogP contribution in [0.25, 0.3) is 0 Å². The van der Waals surface area contributed by atoms with E-state index in [0.717, 1.165) is 11.8 Å². The highest BCUT2D eigenvalue weighted by molar-refractivity contribution is 5.09. The van der Waals surface area contributed by atoms with Gasteiger partial charge in [-0.05, 0) is 56.8 Å². The van der Waals surface area contributed by atoms with Gasteiger partial charge in [0.05, 0.1) is 11.5 Å². The van der Waals surface area contributed by atoms with Crippen molar-refractivity contribution in [3.05, 3.63) is 0 Å². The van der Waals surface area contributed by atoms with Crippen molar-refractivity contribution < 1.29 is 0 Å². The van der Waals surface area contributed by atoms with Crippen molar-refractivity contribution in [2.24, 2.45) is 22.7 Å². The second-order valence-electron chi connectivity index (χ2n) is 7.69. The Morgan fingerprint density at radius 3 is 1.42 bits per heavy atom. The van der Waals surface area contributed by atoms with Gasteiger partial charge in [-0.25, -0.2) is 0 Å². The number of hydrogen-bond donors (Lipinski definition) is 0. The summed E-state index contributed by atoms with van der Waals surface area (Å²) >= 11 is 0. The van der Waals surface area contributed by atoms with Crippen LogP contribution in [0.15, 0.2) is 0 Å². The average Bonchev–Trinajstić information content (AvgIpc) is 2.48. The van der Waals surface area contributed by atoms with Crippen LogP contribution in [-0.4, -0.2) is 0 Å². The highest BCUT2D eigenvalue weighted by Gasteiger charge is 2.51. The summed E-state index contributed by atoms with van der Waals surface area (Å²) in [4.78, 5) is 0. The van der Waals surface area contributed by atoms with E-state index in [9.17, 15) is 5.26 Å². The molecule has 108 valence electrons. The maximum absolute atomic E-state index is 9.74. The van der Waals surface area contributed by atoms with Crippen molar-refractivity contribution in [1.29, 1.82) is 5.26 Å². The molecule has 0 atom stereocenters. The first-order chi connectivity index (χ1) is 9.02. The molecule has 0 aliphatic heterocycles. The van der Waals surface area contributed by atoms with E-state index in [4.69, 9.17) is 0 Å². The Morgan fingerprint density at radius 2 is 1.11 bits per heavy atom. The lowest BCUT2D eigenvalue weighted by atomic mass is 9.50. The monoisotopic (exact) mass is 261 g/mol. The third kappa shape index (κ3) is 2.69. The number of nitrogens with zero attached hydrogens (tertiary/aromatic N) is 1. The molecule has 0 saturated heterocycles. The Balaban J connectivity index is 2.28. The van der Waals surface area contributed by atoms with Crippen LogP contribution in [0.5, 0.6) is 0 Å². The van der Waals surface area contributed by atoms with Crippen molar-refractivity contribution in [2.75, 3.05) is 0 Å². The molecule has 0 bridgehead atoms. The Kier molecular flexibility index (Phi) is 4.59. The summed E-state index contributed by atoms with van der Waals surface area (Å²) in [5, 5.41) is 9.74. The van der Waals surface area contributed by atoms with Crippen molar-refractivity contribution in [2.45, 2.75) is 85.0 Å². The van der Waals surface area contributed by atoms with Gasteiger partial charge in [-0.3, -0.25) is 0 Å². The molecule has 2 rings (SSSR count). The molecule has 0 aromatic carbocycles. The van der Waals surface area contributed by atoms with Crippen molar-refractivity contribution in [3.8, 4) is 6.07 Å². The molecule has 0 heterocycles. The first kappa shape index (κ1) is 14.9. The van der Waals surface area contributed by atoms with Crippen LogP contribution in [0.2, 0.25) is 0 Å². The molecule has 2 saturated carbocycles. The molecule has 0 radical (unpaired) electrons. The highest BCUT2D eigenvalue weighted by atomic mass is 14.6. The lowest BCUT2D eigenvalue weighted by molar-refractivity contribution is -0.0371. The minimum absolute atomic E-state index is 0.184. The molecular formula is C18H31N. The van der Waals surface area contributed by atoms with Gasteiger partial charge in [0.15, 0.2) is 0 Å². The van der Waals surface area contributed by atoms with Crippen LogP contribution in [0, 0.1) is 34.0 Å². The molecule has 2 aliphatic carbocycles. The van der Waals surface area contributed by atoms with E-state index in [1.165, 1.54) is 64.2 Å². The van der Waals surface area contributed by atoms with Crippen LogP contribution < -0.4 is 0 Å². The van der Waals surface area contributed by atoms with E-state index < -0.39 is 0 Å². The molecule has 0 spiro atoms. The number of hydrogen-bond acceptors (Lipinski definition) is 1. The van der Waals surface area contributed by atoms with Crippen LogP contribution >= 0.6 is 0 Å². The standard InChI is InChI=1S/C18H31N/c1-17(2,14-19)18(3,15-10-6-4-7-11-15)16-12-8-5-9-13-16/h15-16H,4-13H2,1-3H3. The van der Waals surface area contributed by atoms with Gasteiger partial charge in [0.25, 0.3) is 0 Å². The van der Waals surface area contributed by atoms with Gasteiger partial charge in [-0.1, -0.05) is 45.4 Å². The molecule has 0 aromatic heterocycles. The Bertz CT molecular complexity index is 306. The summed E-state index contributed by atoms with van der Waals surface area (Å²) in [5.74, 6) is 1.55. The molecule has 1 nitrogen and oxygen atoms in total. The van der Waals surface area contributed by atoms with Crippen molar-refractivity contribution >= 4 is 0 Å². The summed E-state index contributed by atoms with van der Waals surface area (Å²) < 4.78 is 0. The smallest absolute Gasteiger partial charge is 0.0689 e. The van der Waals surface area contributed by atoms with Crippen molar-refractivity contribution in [1.82, 2.24) is 0 Å². The van der Waals surface area contributed by atoms with Crippen molar-refractivity contribution in [3.63, 3.8) is 0 Å². The zero-order valence-corrected chi connectivity index (χ0v) is 13.2. The van der Waals surface area contributed by atoms with E-state index in [-0.39, 0.29) is 10.8 Å². The molecule has 0 amide bonds. The van der Waals surface area contributed by atoms with E-state index in [2.05, 4.69) is 26.8 Å². The minimum atomic E-state index is -0.184. The summed E-state index contributed by atoms with van der Waals surface area (Å²) in [6.45, 7) is 6.87. The van der Waals surface area contributed by atoms with Gasteiger partial charge in [-0.2, -0.15) is 5.26 Å². The fourth-order valence-corrected chi connectivity index (χ4v) is 4.88. The molecule has 2 fully saturated rings. The lowest BCUT2D eigenvalue weighted by Crippen LogP contribution is -2.48. The fraction of sp³-hybridized carbons (Fsp3) is 0.944. The Morgan fingerprint density at radius 1 is 0.737 bits per heavy atom. The first-order valence-electron chi connectivity index (χ1n) is 8.43. The van der Waals surface area contributed by atoms with E-state index >= 15 is 0 Å². The molecule has 0 unspecified atom stereocenters. The molecule has 2 aliphatic rings. The van der Waals surface area contributed by atoms with Gasteiger partial charge in [0, 0.05) is 0 Å². The summed E-state index contributed by atoms with van der Waals surface area (Å²) in [6.07, 6.45) is 13.8. The zero-order valence-electron chi connectivity index (χ0n) is 13.2. The lowest BCUT2D eigenvalue weighted by Gasteiger charge is -2.53. The Hall–Kier alpha value is -0.510. The second-order valence-corrected chi connectivity index (χ2v) is 7.69. The summed E-state index contributed by atoms with van der Waals surface area (Å²) in [5.41, 5.74) is 0.0413. The fourth-order valence-electron chi connectivity index (χ4n) is 4.88. The maximum atomic E-state index is 9.74. The second kappa shape index (κ2) is 5.86. The van der Waals surface area contributed by atoms with Crippen LogP contribution in [-0.2, 0) is 0 Å². The van der Waals surface area contributed by atoms with E-state index in [1.54, 1.807) is 0 Å². The summed E-state index contributed by atoms with van der Waals surface area (Å²) in [6, 6.07) is 2.68. The van der Waals surface area contributed by atoms with Gasteiger partial charge >= 0.3 is 0 Å². The van der Waals surface area contributed by atoms with Gasteiger partial charge in [0.1, 0.15) is 0 Å². The van der Waals surface area contributed by atoms with Crippen LogP contribution in [0.1, 0.15) is 85.0 Å². The third-order valence-electron chi connectivity index (χ3n) is 6.53. The highest BCUT2D eigenvalue weighted by Crippen LogP contribution is 2.57. The molecule has 19 heavy (non-hydrogen) atoms. The Labute approximate surface area is 119 Å². The van der Waals surface area contributed by atoms with Crippen LogP contribution in [0.4, 0.5) is 0 Å². The van der Waals surface area contributed by atoms with Gasteiger partial charge < -0.3 is 0 Å². The molecular weight excluding hydrogens is 230 g/mol. The van der Waals surface area contributed by atoms with E-state index in [1.807, 2.05) is 0 Å². The predicted molar refractivity (Wildman–Crippen MR) is 80.7 cm³/mol. The predicted octanol–water partition coefficient (Wildman–Crippen LogP) is 5.70. The quantitative estimate of drug-likeness (QED) is 0.639. The van der Waals surface area contributed by atoms with E-state index in [0.29, 0.717) is 0 Å². The van der Waals surface area contributed by atoms with Gasteiger partial charge in [-0.15, -0.1) is 0 Å². The topological polar surface area (TPSA) is 23.8 Å².